The van der Waals surface area contributed by atoms with Gasteiger partial charge in [0, 0.05) is 0 Å². The Labute approximate surface area is 192 Å². The minimum atomic E-state index is -0.297. The van der Waals surface area contributed by atoms with Crippen molar-refractivity contribution in [3.63, 3.8) is 0 Å². The summed E-state index contributed by atoms with van der Waals surface area (Å²) in [6.07, 6.45) is 10.9. The van der Waals surface area contributed by atoms with E-state index in [1.54, 1.807) is 24.3 Å². The van der Waals surface area contributed by atoms with Crippen molar-refractivity contribution in [2.24, 2.45) is 0 Å². The third-order valence-electron chi connectivity index (χ3n) is 5.01. The van der Waals surface area contributed by atoms with Crippen LogP contribution in [0.25, 0.3) is 0 Å². The van der Waals surface area contributed by atoms with Gasteiger partial charge < -0.3 is 9.47 Å². The molecule has 0 radical (unpaired) electrons. The molecule has 2 aliphatic rings. The van der Waals surface area contributed by atoms with E-state index in [4.69, 9.17) is 9.47 Å². The van der Waals surface area contributed by atoms with E-state index in [9.17, 15) is 9.59 Å². The maximum atomic E-state index is 12.2. The third kappa shape index (κ3) is 6.47. The van der Waals surface area contributed by atoms with Crippen molar-refractivity contribution in [2.75, 3.05) is 0 Å². The van der Waals surface area contributed by atoms with Crippen molar-refractivity contribution in [2.45, 2.75) is 76.4 Å². The first-order chi connectivity index (χ1) is 11.7. The summed E-state index contributed by atoms with van der Waals surface area (Å²) in [5.74, 6) is -0.594. The Morgan fingerprint density at radius 3 is 1.28 bits per heavy atom. The summed E-state index contributed by atoms with van der Waals surface area (Å²) in [4.78, 5) is 24.3. The summed E-state index contributed by atoms with van der Waals surface area (Å²) in [7, 11) is 0. The van der Waals surface area contributed by atoms with Crippen molar-refractivity contribution in [3.8, 4) is 0 Å². The van der Waals surface area contributed by atoms with Gasteiger partial charge in [-0.05, 0) is 75.6 Å². The van der Waals surface area contributed by atoms with E-state index < -0.39 is 0 Å². The second-order valence-electron chi connectivity index (χ2n) is 6.91. The Balaban J connectivity index is 0.00000225. The fourth-order valence-electron chi connectivity index (χ4n) is 3.55. The van der Waals surface area contributed by atoms with Gasteiger partial charge in [0.2, 0.25) is 0 Å². The molecule has 1 aromatic rings. The molecule has 25 heavy (non-hydrogen) atoms. The molecule has 0 spiro atoms. The van der Waals surface area contributed by atoms with Crippen LogP contribution in [0.1, 0.15) is 84.9 Å². The number of rotatable bonds is 4. The summed E-state index contributed by atoms with van der Waals surface area (Å²) < 4.78 is 11.1. The Morgan fingerprint density at radius 1 is 0.640 bits per heavy atom. The molecule has 2 fully saturated rings. The Hall–Kier alpha value is -0.204. The van der Waals surface area contributed by atoms with Gasteiger partial charge in [-0.25, -0.2) is 9.59 Å². The molecule has 3 rings (SSSR count). The van der Waals surface area contributed by atoms with Crippen LogP contribution in [0.3, 0.4) is 0 Å². The van der Waals surface area contributed by atoms with E-state index in [1.807, 2.05) is 0 Å². The van der Waals surface area contributed by atoms with Gasteiger partial charge in [0.05, 0.1) is 11.1 Å². The Morgan fingerprint density at radius 2 is 0.960 bits per heavy atom. The van der Waals surface area contributed by atoms with Gasteiger partial charge in [-0.1, -0.05) is 12.8 Å². The van der Waals surface area contributed by atoms with Crippen LogP contribution in [-0.2, 0) is 9.47 Å². The summed E-state index contributed by atoms with van der Waals surface area (Å²) in [5.41, 5.74) is 0.990. The molecule has 1 aromatic carbocycles. The van der Waals surface area contributed by atoms with Crippen LogP contribution in [0.2, 0.25) is 0 Å². The van der Waals surface area contributed by atoms with E-state index in [0.717, 1.165) is 51.4 Å². The van der Waals surface area contributed by atoms with Gasteiger partial charge in [0.15, 0.2) is 0 Å². The van der Waals surface area contributed by atoms with E-state index in [-0.39, 0.29) is 75.5 Å². The first-order valence-corrected chi connectivity index (χ1v) is 9.24. The molecule has 5 heteroatoms. The first kappa shape index (κ1) is 21.1. The number of carbonyl (C=O) groups excluding carboxylic acids is 2. The van der Waals surface area contributed by atoms with Gasteiger partial charge in [0.25, 0.3) is 0 Å². The predicted molar refractivity (Wildman–Crippen MR) is 98.2 cm³/mol. The van der Waals surface area contributed by atoms with E-state index in [2.05, 4.69) is 0 Å². The van der Waals surface area contributed by atoms with Crippen LogP contribution >= 0.6 is 0 Å². The number of carbonyl (C=O) groups is 2. The number of hydrogen-bond acceptors (Lipinski definition) is 4. The van der Waals surface area contributed by atoms with Crippen molar-refractivity contribution >= 4 is 63.3 Å². The molecule has 0 atom stereocenters. The predicted octanol–water partition coefficient (Wildman–Crippen LogP) is 4.02. The normalized spacial score (nSPS) is 18.9. The summed E-state index contributed by atoms with van der Waals surface area (Å²) in [6.45, 7) is 0. The van der Waals surface area contributed by atoms with Crippen LogP contribution in [0, 0.1) is 0 Å². The quantitative estimate of drug-likeness (QED) is 0.593. The van der Waals surface area contributed by atoms with Gasteiger partial charge >= 0.3 is 63.3 Å². The van der Waals surface area contributed by atoms with Crippen LogP contribution in [0.5, 0.6) is 0 Å². The van der Waals surface area contributed by atoms with Crippen molar-refractivity contribution in [3.05, 3.63) is 35.4 Å². The van der Waals surface area contributed by atoms with Crippen LogP contribution in [-0.4, -0.2) is 75.5 Å². The van der Waals surface area contributed by atoms with Crippen LogP contribution < -0.4 is 0 Å². The third-order valence-corrected chi connectivity index (χ3v) is 5.01. The second-order valence-corrected chi connectivity index (χ2v) is 6.91. The molecule has 2 aliphatic carbocycles. The fraction of sp³-hybridized carbons (Fsp3) is 0.600. The summed E-state index contributed by atoms with van der Waals surface area (Å²) in [5, 5.41) is 0. The number of esters is 2. The SMILES string of the molecule is O=C(OC1CCCCC1)c1ccc(C(=O)OC2CCCCC2)cc1.[KH]. The van der Waals surface area contributed by atoms with Gasteiger partial charge in [-0.2, -0.15) is 0 Å². The Bertz CT molecular complexity index is 507. The summed E-state index contributed by atoms with van der Waals surface area (Å²) >= 11 is 0. The zero-order valence-corrected chi connectivity index (χ0v) is 14.2. The monoisotopic (exact) mass is 370 g/mol. The van der Waals surface area contributed by atoms with Crippen LogP contribution in [0.4, 0.5) is 0 Å². The van der Waals surface area contributed by atoms with Crippen molar-refractivity contribution in [1.29, 1.82) is 0 Å². The molecule has 0 N–H and O–H groups in total. The zero-order chi connectivity index (χ0) is 16.8. The standard InChI is InChI=1S/C20H26O4.K.H/c21-19(23-17-7-3-1-4-8-17)15-11-13-16(14-12-15)20(22)24-18-9-5-2-6-10-18;;/h11-14,17-18H,1-10H2;;. The molecule has 0 unspecified atom stereocenters. The average molecular weight is 371 g/mol. The second kappa shape index (κ2) is 10.8. The molecule has 132 valence electrons. The van der Waals surface area contributed by atoms with Crippen LogP contribution in [0.15, 0.2) is 24.3 Å². The number of hydrogen-bond donors (Lipinski definition) is 0. The topological polar surface area (TPSA) is 52.6 Å². The maximum absolute atomic E-state index is 12.2. The molecule has 0 bridgehead atoms. The number of benzene rings is 1. The molecule has 4 nitrogen and oxygen atoms in total. The van der Waals surface area contributed by atoms with E-state index >= 15 is 0 Å². The molecule has 0 aromatic heterocycles. The fourth-order valence-corrected chi connectivity index (χ4v) is 3.55. The molecule has 0 amide bonds. The van der Waals surface area contributed by atoms with Gasteiger partial charge in [-0.15, -0.1) is 0 Å². The van der Waals surface area contributed by atoms with Crippen molar-refractivity contribution in [1.82, 2.24) is 0 Å². The Kier molecular flexibility index (Phi) is 9.14. The average Bonchev–Trinajstić information content (AvgIpc) is 2.63. The number of ether oxygens (including phenoxy) is 2. The molecular weight excluding hydrogens is 343 g/mol. The molecule has 2 saturated carbocycles. The molecule has 0 heterocycles. The molecule has 0 aliphatic heterocycles. The van der Waals surface area contributed by atoms with Crippen molar-refractivity contribution < 1.29 is 19.1 Å². The van der Waals surface area contributed by atoms with E-state index in [0.29, 0.717) is 11.1 Å². The molecular formula is C20H27KO4. The summed E-state index contributed by atoms with van der Waals surface area (Å²) in [6, 6.07) is 6.62. The zero-order valence-electron chi connectivity index (χ0n) is 14.2. The van der Waals surface area contributed by atoms with Gasteiger partial charge in [0.1, 0.15) is 12.2 Å². The van der Waals surface area contributed by atoms with E-state index in [1.165, 1.54) is 12.8 Å². The van der Waals surface area contributed by atoms with Gasteiger partial charge in [-0.3, -0.25) is 0 Å². The minimum absolute atomic E-state index is 0. The first-order valence-electron chi connectivity index (χ1n) is 9.24. The molecule has 0 saturated heterocycles.